The lowest BCUT2D eigenvalue weighted by Crippen LogP contribution is -2.34. The van der Waals surface area contributed by atoms with Gasteiger partial charge < -0.3 is 5.11 Å². The van der Waals surface area contributed by atoms with Gasteiger partial charge in [0.25, 0.3) is 0 Å². The summed E-state index contributed by atoms with van der Waals surface area (Å²) in [5.74, 6) is -0.910. The number of carboxylic acids is 1. The Morgan fingerprint density at radius 1 is 1.06 bits per heavy atom. The fourth-order valence-electron chi connectivity index (χ4n) is 4.49. The maximum absolute atomic E-state index is 11.1. The van der Waals surface area contributed by atoms with Crippen molar-refractivity contribution in [3.63, 3.8) is 0 Å². The predicted octanol–water partition coefficient (Wildman–Crippen LogP) is 6.91. The van der Waals surface area contributed by atoms with Crippen molar-refractivity contribution in [2.24, 2.45) is 0 Å². The normalized spacial score (nSPS) is 16.8. The molecule has 1 N–H and O–H groups in total. The van der Waals surface area contributed by atoms with Crippen LogP contribution in [0.2, 0.25) is 0 Å². The summed E-state index contributed by atoms with van der Waals surface area (Å²) in [6.07, 6.45) is 10.3. The number of aromatic carboxylic acids is 1. The van der Waals surface area contributed by atoms with Gasteiger partial charge in [-0.25, -0.2) is 4.79 Å². The molecule has 0 bridgehead atoms. The molecule has 1 aromatic heterocycles. The zero-order valence-corrected chi connectivity index (χ0v) is 20.6. The highest BCUT2D eigenvalue weighted by molar-refractivity contribution is 9.10. The van der Waals surface area contributed by atoms with E-state index in [1.54, 1.807) is 12.1 Å². The molecule has 0 unspecified atom stereocenters. The zero-order chi connectivity index (χ0) is 23.1. The molecule has 3 aromatic rings. The molecule has 0 saturated carbocycles. The van der Waals surface area contributed by atoms with Crippen LogP contribution in [0.1, 0.15) is 78.7 Å². The third kappa shape index (κ3) is 4.58. The van der Waals surface area contributed by atoms with Crippen molar-refractivity contribution in [3.8, 4) is 0 Å². The van der Waals surface area contributed by atoms with Crippen molar-refractivity contribution in [3.05, 3.63) is 86.6 Å². The summed E-state index contributed by atoms with van der Waals surface area (Å²) < 4.78 is 2.92. The molecule has 32 heavy (non-hydrogen) atoms. The van der Waals surface area contributed by atoms with Gasteiger partial charge in [-0.2, -0.15) is 5.10 Å². The average Bonchev–Trinajstić information content (AvgIpc) is 3.15. The molecule has 0 saturated heterocycles. The van der Waals surface area contributed by atoms with Crippen LogP contribution < -0.4 is 0 Å². The Labute approximate surface area is 198 Å². The molecule has 4 rings (SSSR count). The number of halogens is 1. The number of nitrogens with zero attached hydrogens (tertiary/aromatic N) is 2. The number of hydrogen-bond donors (Lipinski definition) is 1. The summed E-state index contributed by atoms with van der Waals surface area (Å²) in [7, 11) is 0. The number of aromatic nitrogens is 2. The van der Waals surface area contributed by atoms with Gasteiger partial charge in [0.2, 0.25) is 0 Å². The van der Waals surface area contributed by atoms with Gasteiger partial charge in [0.15, 0.2) is 0 Å². The summed E-state index contributed by atoms with van der Waals surface area (Å²) in [6.45, 7) is 10.0. The van der Waals surface area contributed by atoms with Gasteiger partial charge in [-0.1, -0.05) is 64.1 Å². The lowest BCUT2D eigenvalue weighted by molar-refractivity contribution is 0.0697. The monoisotopic (exact) mass is 492 g/mol. The molecule has 5 heteroatoms. The highest BCUT2D eigenvalue weighted by Gasteiger charge is 2.37. The van der Waals surface area contributed by atoms with Gasteiger partial charge in [0, 0.05) is 6.20 Å². The first-order valence-electron chi connectivity index (χ1n) is 10.9. The molecule has 0 radical (unpaired) electrons. The van der Waals surface area contributed by atoms with E-state index in [1.165, 1.54) is 28.7 Å². The van der Waals surface area contributed by atoms with Crippen molar-refractivity contribution in [1.29, 1.82) is 0 Å². The Balaban J connectivity index is 1.79. The largest absolute Gasteiger partial charge is 0.478 e. The van der Waals surface area contributed by atoms with E-state index < -0.39 is 5.97 Å². The number of fused-ring (bicyclic) bond motifs is 1. The highest BCUT2D eigenvalue weighted by atomic mass is 79.9. The van der Waals surface area contributed by atoms with Gasteiger partial charge in [-0.15, -0.1) is 0 Å². The maximum Gasteiger partial charge on any atom is 0.335 e. The van der Waals surface area contributed by atoms with Crippen LogP contribution in [0.5, 0.6) is 0 Å². The number of benzene rings is 2. The number of rotatable bonds is 5. The van der Waals surface area contributed by atoms with Crippen LogP contribution in [0.25, 0.3) is 12.2 Å². The van der Waals surface area contributed by atoms with E-state index in [0.29, 0.717) is 12.1 Å². The van der Waals surface area contributed by atoms with Crippen LogP contribution in [0, 0.1) is 0 Å². The number of hydrogen-bond acceptors (Lipinski definition) is 2. The summed E-state index contributed by atoms with van der Waals surface area (Å²) >= 11 is 3.50. The van der Waals surface area contributed by atoms with E-state index in [0.717, 1.165) is 16.5 Å². The second kappa shape index (κ2) is 8.36. The topological polar surface area (TPSA) is 55.1 Å². The minimum atomic E-state index is -0.910. The molecule has 0 spiro atoms. The second-order valence-electron chi connectivity index (χ2n) is 9.98. The third-order valence-electron chi connectivity index (χ3n) is 6.66. The van der Waals surface area contributed by atoms with Crippen molar-refractivity contribution < 1.29 is 9.90 Å². The minimum Gasteiger partial charge on any atom is -0.478 e. The lowest BCUT2D eigenvalue weighted by atomic mass is 9.62. The smallest absolute Gasteiger partial charge is 0.335 e. The summed E-state index contributed by atoms with van der Waals surface area (Å²) in [5, 5.41) is 13.6. The average molecular weight is 493 g/mol. The predicted molar refractivity (Wildman–Crippen MR) is 133 cm³/mol. The first kappa shape index (κ1) is 22.5. The zero-order valence-electron chi connectivity index (χ0n) is 19.0. The quantitative estimate of drug-likeness (QED) is 0.393. The summed E-state index contributed by atoms with van der Waals surface area (Å²) in [6, 6.07) is 11.7. The van der Waals surface area contributed by atoms with Crippen molar-refractivity contribution in [2.75, 3.05) is 0 Å². The fraction of sp³-hybridized carbons (Fsp3) is 0.333. The first-order valence-corrected chi connectivity index (χ1v) is 11.7. The van der Waals surface area contributed by atoms with Crippen molar-refractivity contribution in [2.45, 2.75) is 57.9 Å². The number of carboxylic acid groups (broad SMARTS) is 1. The van der Waals surface area contributed by atoms with Crippen LogP contribution in [0.15, 0.2) is 53.3 Å². The van der Waals surface area contributed by atoms with Gasteiger partial charge >= 0.3 is 5.97 Å². The fourth-order valence-corrected chi connectivity index (χ4v) is 4.82. The molecule has 2 aromatic carbocycles. The van der Waals surface area contributed by atoms with Crippen LogP contribution in [-0.4, -0.2) is 20.9 Å². The highest BCUT2D eigenvalue weighted by Crippen LogP contribution is 2.46. The number of carbonyl (C=O) groups is 1. The summed E-state index contributed by atoms with van der Waals surface area (Å²) in [5.41, 5.74) is 6.78. The van der Waals surface area contributed by atoms with E-state index in [4.69, 9.17) is 5.11 Å². The first-order chi connectivity index (χ1) is 15.0. The van der Waals surface area contributed by atoms with E-state index in [2.05, 4.69) is 73.0 Å². The SMILES string of the molecule is CC1(C)CCC(C)(C)c2cc(Cn3cc(Br)cn3)c(C=Cc3ccc(C(=O)O)cc3)cc21. The molecule has 0 aliphatic heterocycles. The molecule has 1 aliphatic carbocycles. The molecule has 0 atom stereocenters. The lowest BCUT2D eigenvalue weighted by Gasteiger charge is -2.42. The van der Waals surface area contributed by atoms with Crippen molar-refractivity contribution >= 4 is 34.1 Å². The Morgan fingerprint density at radius 3 is 2.25 bits per heavy atom. The summed E-state index contributed by atoms with van der Waals surface area (Å²) in [4.78, 5) is 11.1. The Bertz CT molecular complexity index is 1190. The van der Waals surface area contributed by atoms with Crippen LogP contribution >= 0.6 is 15.9 Å². The molecule has 0 amide bonds. The van der Waals surface area contributed by atoms with E-state index in [1.807, 2.05) is 29.2 Å². The van der Waals surface area contributed by atoms with E-state index >= 15 is 0 Å². The van der Waals surface area contributed by atoms with Gasteiger partial charge in [0.05, 0.1) is 22.8 Å². The van der Waals surface area contributed by atoms with Crippen molar-refractivity contribution in [1.82, 2.24) is 9.78 Å². The van der Waals surface area contributed by atoms with Gasteiger partial charge in [-0.05, 0) is 79.6 Å². The van der Waals surface area contributed by atoms with Crippen LogP contribution in [-0.2, 0) is 17.4 Å². The van der Waals surface area contributed by atoms with Crippen LogP contribution in [0.3, 0.4) is 0 Å². The second-order valence-corrected chi connectivity index (χ2v) is 10.9. The Kier molecular flexibility index (Phi) is 5.89. The van der Waals surface area contributed by atoms with Crippen LogP contribution in [0.4, 0.5) is 0 Å². The van der Waals surface area contributed by atoms with Gasteiger partial charge in [-0.3, -0.25) is 4.68 Å². The molecule has 4 nitrogen and oxygen atoms in total. The minimum absolute atomic E-state index is 0.129. The molecule has 166 valence electrons. The Hall–Kier alpha value is -2.66. The third-order valence-corrected chi connectivity index (χ3v) is 7.07. The molecule has 0 fully saturated rings. The molecular weight excluding hydrogens is 464 g/mol. The molecular formula is C27H29BrN2O2. The molecule has 1 aliphatic rings. The van der Waals surface area contributed by atoms with E-state index in [-0.39, 0.29) is 10.8 Å². The standard InChI is InChI=1S/C27H29BrN2O2/c1-26(2)11-12-27(3,4)24-14-21(16-30-17-22(28)15-29-30)20(13-23(24)26)10-7-18-5-8-19(9-6-18)25(31)32/h5-10,13-15,17H,11-12,16H2,1-4H3,(H,31,32). The Morgan fingerprint density at radius 2 is 1.69 bits per heavy atom. The maximum atomic E-state index is 11.1. The van der Waals surface area contributed by atoms with E-state index in [9.17, 15) is 4.79 Å². The van der Waals surface area contributed by atoms with Gasteiger partial charge in [0.1, 0.15) is 0 Å². The molecule has 1 heterocycles.